The van der Waals surface area contributed by atoms with Crippen molar-refractivity contribution in [2.24, 2.45) is 0 Å². The van der Waals surface area contributed by atoms with Gasteiger partial charge >= 0.3 is 0 Å². The second kappa shape index (κ2) is 5.71. The normalized spacial score (nSPS) is 13.2. The van der Waals surface area contributed by atoms with E-state index in [1.807, 2.05) is 18.3 Å². The highest BCUT2D eigenvalue weighted by Gasteiger charge is 2.19. The number of fused-ring (bicyclic) bond motifs is 1. The van der Waals surface area contributed by atoms with Crippen molar-refractivity contribution in [3.8, 4) is 22.1 Å². The molecule has 2 heterocycles. The number of hydrogen-bond donors (Lipinski definition) is 1. The summed E-state index contributed by atoms with van der Waals surface area (Å²) in [5.41, 5.74) is 1.04. The lowest BCUT2D eigenvalue weighted by Gasteiger charge is -2.05. The summed E-state index contributed by atoms with van der Waals surface area (Å²) in [4.78, 5) is 5.72. The van der Waals surface area contributed by atoms with E-state index in [2.05, 4.69) is 40.1 Å². The van der Waals surface area contributed by atoms with Crippen LogP contribution in [0.3, 0.4) is 0 Å². The average molecular weight is 355 g/mol. The minimum Gasteiger partial charge on any atom is -0.454 e. The number of aromatic nitrogens is 1. The molecule has 1 aromatic heterocycles. The molecule has 0 radical (unpaired) electrons. The van der Waals surface area contributed by atoms with Crippen LogP contribution in [0.1, 0.15) is 18.7 Å². The molecule has 0 unspecified atom stereocenters. The van der Waals surface area contributed by atoms with Gasteiger partial charge in [0.15, 0.2) is 11.5 Å². The van der Waals surface area contributed by atoms with Gasteiger partial charge in [-0.25, -0.2) is 4.98 Å². The van der Waals surface area contributed by atoms with Gasteiger partial charge in [-0.15, -0.1) is 11.3 Å². The van der Waals surface area contributed by atoms with E-state index in [0.717, 1.165) is 33.1 Å². The zero-order valence-electron chi connectivity index (χ0n) is 11.3. The van der Waals surface area contributed by atoms with Gasteiger partial charge in [0.2, 0.25) is 6.79 Å². The van der Waals surface area contributed by atoms with Crippen LogP contribution in [0.4, 0.5) is 0 Å². The fourth-order valence-electron chi connectivity index (χ4n) is 1.92. The Labute approximate surface area is 130 Å². The molecule has 0 aliphatic carbocycles. The topological polar surface area (TPSA) is 43.4 Å². The summed E-state index contributed by atoms with van der Waals surface area (Å²) in [6.07, 6.45) is 1.92. The highest BCUT2D eigenvalue weighted by Crippen LogP contribution is 2.43. The molecule has 2 aromatic rings. The molecule has 20 heavy (non-hydrogen) atoms. The number of ether oxygens (including phenoxy) is 2. The molecule has 0 bridgehead atoms. The van der Waals surface area contributed by atoms with Crippen molar-refractivity contribution in [1.29, 1.82) is 0 Å². The van der Waals surface area contributed by atoms with Crippen molar-refractivity contribution in [2.45, 2.75) is 26.4 Å². The highest BCUT2D eigenvalue weighted by molar-refractivity contribution is 9.10. The molecule has 1 N–H and O–H groups in total. The van der Waals surface area contributed by atoms with E-state index < -0.39 is 0 Å². The second-order valence-corrected chi connectivity index (χ2v) is 6.83. The van der Waals surface area contributed by atoms with Crippen molar-refractivity contribution in [1.82, 2.24) is 10.3 Å². The van der Waals surface area contributed by atoms with Crippen LogP contribution in [0.5, 0.6) is 11.5 Å². The first-order valence-corrected chi connectivity index (χ1v) is 8.02. The maximum absolute atomic E-state index is 5.44. The maximum atomic E-state index is 5.44. The van der Waals surface area contributed by atoms with Crippen LogP contribution >= 0.6 is 27.3 Å². The van der Waals surface area contributed by atoms with Gasteiger partial charge < -0.3 is 14.8 Å². The Morgan fingerprint density at radius 2 is 2.25 bits per heavy atom. The fraction of sp³-hybridized carbons (Fsp3) is 0.357. The molecule has 0 fully saturated rings. The minimum atomic E-state index is 0.277. The van der Waals surface area contributed by atoms with Gasteiger partial charge in [-0.1, -0.05) is 13.8 Å². The van der Waals surface area contributed by atoms with Crippen molar-refractivity contribution in [3.05, 3.63) is 27.7 Å². The summed E-state index contributed by atoms with van der Waals surface area (Å²) < 4.78 is 11.7. The van der Waals surface area contributed by atoms with Crippen molar-refractivity contribution in [3.63, 3.8) is 0 Å². The molecule has 0 saturated carbocycles. The molecule has 0 spiro atoms. The summed E-state index contributed by atoms with van der Waals surface area (Å²) in [6.45, 7) is 5.40. The molecule has 0 amide bonds. The lowest BCUT2D eigenvalue weighted by atomic mass is 10.2. The summed E-state index contributed by atoms with van der Waals surface area (Å²) in [7, 11) is 0. The number of nitrogens with one attached hydrogen (secondary N) is 1. The second-order valence-electron chi connectivity index (χ2n) is 4.86. The van der Waals surface area contributed by atoms with Gasteiger partial charge in [-0.3, -0.25) is 0 Å². The first-order chi connectivity index (χ1) is 9.63. The molecule has 6 heteroatoms. The summed E-state index contributed by atoms with van der Waals surface area (Å²) in [5, 5.41) is 4.39. The predicted molar refractivity (Wildman–Crippen MR) is 83.3 cm³/mol. The van der Waals surface area contributed by atoms with E-state index in [0.29, 0.717) is 6.04 Å². The van der Waals surface area contributed by atoms with Crippen molar-refractivity contribution >= 4 is 27.3 Å². The monoisotopic (exact) mass is 354 g/mol. The largest absolute Gasteiger partial charge is 0.454 e. The number of thiazole rings is 1. The Hall–Kier alpha value is -1.11. The number of halogens is 1. The van der Waals surface area contributed by atoms with Crippen LogP contribution in [0.25, 0.3) is 10.6 Å². The van der Waals surface area contributed by atoms with E-state index in [9.17, 15) is 0 Å². The lowest BCUT2D eigenvalue weighted by molar-refractivity contribution is 0.173. The number of nitrogens with zero attached hydrogens (tertiary/aromatic N) is 1. The van der Waals surface area contributed by atoms with Crippen LogP contribution < -0.4 is 14.8 Å². The van der Waals surface area contributed by atoms with Crippen LogP contribution in [-0.4, -0.2) is 17.8 Å². The average Bonchev–Trinajstić information content (AvgIpc) is 3.05. The van der Waals surface area contributed by atoms with E-state index in [-0.39, 0.29) is 6.79 Å². The molecule has 1 aliphatic heterocycles. The molecule has 4 nitrogen and oxygen atoms in total. The molecule has 0 saturated heterocycles. The summed E-state index contributed by atoms with van der Waals surface area (Å²) in [5.74, 6) is 1.54. The van der Waals surface area contributed by atoms with Crippen LogP contribution in [-0.2, 0) is 6.54 Å². The third-order valence-corrected chi connectivity index (χ3v) is 4.55. The molecule has 1 aromatic carbocycles. The molecular weight excluding hydrogens is 340 g/mol. The van der Waals surface area contributed by atoms with Gasteiger partial charge in [-0.05, 0) is 28.1 Å². The smallest absolute Gasteiger partial charge is 0.231 e. The molecule has 106 valence electrons. The predicted octanol–water partition coefficient (Wildman–Crippen LogP) is 3.80. The first-order valence-electron chi connectivity index (χ1n) is 6.41. The van der Waals surface area contributed by atoms with Gasteiger partial charge in [0, 0.05) is 29.2 Å². The zero-order chi connectivity index (χ0) is 14.1. The quantitative estimate of drug-likeness (QED) is 0.906. The van der Waals surface area contributed by atoms with E-state index in [1.165, 1.54) is 4.88 Å². The van der Waals surface area contributed by atoms with Gasteiger partial charge in [-0.2, -0.15) is 0 Å². The van der Waals surface area contributed by atoms with Crippen molar-refractivity contribution < 1.29 is 9.47 Å². The van der Waals surface area contributed by atoms with Gasteiger partial charge in [0.1, 0.15) is 5.01 Å². The standard InChI is InChI=1S/C14H15BrN2O2S/c1-8(2)16-5-10-6-17-14(20-10)9-3-11(15)13-12(4-9)18-7-19-13/h3-4,6,8,16H,5,7H2,1-2H3. The van der Waals surface area contributed by atoms with Gasteiger partial charge in [0.25, 0.3) is 0 Å². The SMILES string of the molecule is CC(C)NCc1cnc(-c2cc(Br)c3c(c2)OCO3)s1. The molecule has 1 aliphatic rings. The Kier molecular flexibility index (Phi) is 3.96. The van der Waals surface area contributed by atoms with E-state index >= 15 is 0 Å². The molecule has 3 rings (SSSR count). The van der Waals surface area contributed by atoms with Gasteiger partial charge in [0.05, 0.1) is 4.47 Å². The summed E-state index contributed by atoms with van der Waals surface area (Å²) in [6, 6.07) is 4.47. The Bertz CT molecular complexity index is 628. The fourth-order valence-corrected chi connectivity index (χ4v) is 3.33. The van der Waals surface area contributed by atoms with Crippen LogP contribution in [0.15, 0.2) is 22.8 Å². The Morgan fingerprint density at radius 1 is 1.40 bits per heavy atom. The number of benzene rings is 1. The van der Waals surface area contributed by atoms with Crippen LogP contribution in [0.2, 0.25) is 0 Å². The third-order valence-electron chi connectivity index (χ3n) is 2.91. The molecule has 0 atom stereocenters. The Morgan fingerprint density at radius 3 is 3.05 bits per heavy atom. The lowest BCUT2D eigenvalue weighted by Crippen LogP contribution is -2.21. The van der Waals surface area contributed by atoms with Crippen molar-refractivity contribution in [2.75, 3.05) is 6.79 Å². The molecular formula is C14H15BrN2O2S. The van der Waals surface area contributed by atoms with Crippen LogP contribution in [0, 0.1) is 0 Å². The zero-order valence-corrected chi connectivity index (χ0v) is 13.7. The number of hydrogen-bond acceptors (Lipinski definition) is 5. The minimum absolute atomic E-state index is 0.277. The number of rotatable bonds is 4. The third kappa shape index (κ3) is 2.82. The highest BCUT2D eigenvalue weighted by atomic mass is 79.9. The van der Waals surface area contributed by atoms with E-state index in [1.54, 1.807) is 11.3 Å². The summed E-state index contributed by atoms with van der Waals surface area (Å²) >= 11 is 5.20. The maximum Gasteiger partial charge on any atom is 0.231 e. The van der Waals surface area contributed by atoms with E-state index in [4.69, 9.17) is 9.47 Å². The first kappa shape index (κ1) is 13.9. The Balaban J connectivity index is 1.84.